The molecule has 0 unspecified atom stereocenters. The number of rotatable bonds is 1. The van der Waals surface area contributed by atoms with E-state index in [1.807, 2.05) is 0 Å². The van der Waals surface area contributed by atoms with Gasteiger partial charge >= 0.3 is 0 Å². The van der Waals surface area contributed by atoms with Crippen LogP contribution in [0.25, 0.3) is 0 Å². The van der Waals surface area contributed by atoms with Crippen LogP contribution in [0, 0.1) is 0 Å². The topological polar surface area (TPSA) is 6.48 Å². The zero-order chi connectivity index (χ0) is 8.55. The molecule has 3 aliphatic heterocycles. The Kier molecular flexibility index (Phi) is 2.09. The van der Waals surface area contributed by atoms with E-state index >= 15 is 0 Å². The standard InChI is InChI=1S/C10H18N2/c1-3-12-9(2)8-11-6-4-10(12)5-7-11/h10H,2-8H2,1H3. The Morgan fingerprint density at radius 1 is 1.42 bits per heavy atom. The molecule has 68 valence electrons. The monoisotopic (exact) mass is 166 g/mol. The molecular formula is C10H18N2. The van der Waals surface area contributed by atoms with Gasteiger partial charge in [-0.2, -0.15) is 0 Å². The fourth-order valence-electron chi connectivity index (χ4n) is 2.48. The van der Waals surface area contributed by atoms with Crippen molar-refractivity contribution in [1.82, 2.24) is 9.80 Å². The smallest absolute Gasteiger partial charge is 0.0377 e. The van der Waals surface area contributed by atoms with E-state index in [9.17, 15) is 0 Å². The van der Waals surface area contributed by atoms with Crippen LogP contribution in [0.15, 0.2) is 12.3 Å². The van der Waals surface area contributed by atoms with Gasteiger partial charge in [0.25, 0.3) is 0 Å². The van der Waals surface area contributed by atoms with Crippen LogP contribution in [0.3, 0.4) is 0 Å². The highest BCUT2D eigenvalue weighted by Crippen LogP contribution is 2.24. The molecule has 0 aromatic heterocycles. The van der Waals surface area contributed by atoms with Gasteiger partial charge in [-0.05, 0) is 19.8 Å². The lowest BCUT2D eigenvalue weighted by Crippen LogP contribution is -2.37. The largest absolute Gasteiger partial charge is 0.371 e. The Morgan fingerprint density at radius 2 is 2.08 bits per heavy atom. The first-order valence-corrected chi connectivity index (χ1v) is 4.98. The third kappa shape index (κ3) is 1.24. The second kappa shape index (κ2) is 3.09. The van der Waals surface area contributed by atoms with E-state index in [4.69, 9.17) is 0 Å². The molecule has 0 radical (unpaired) electrons. The second-order valence-corrected chi connectivity index (χ2v) is 3.86. The van der Waals surface area contributed by atoms with Crippen LogP contribution in [-0.4, -0.2) is 42.0 Å². The molecule has 0 aliphatic carbocycles. The molecule has 2 heteroatoms. The molecule has 0 aromatic carbocycles. The van der Waals surface area contributed by atoms with Gasteiger partial charge in [0, 0.05) is 37.9 Å². The number of hydrogen-bond acceptors (Lipinski definition) is 2. The van der Waals surface area contributed by atoms with Crippen LogP contribution in [0.5, 0.6) is 0 Å². The van der Waals surface area contributed by atoms with Gasteiger partial charge in [-0.25, -0.2) is 0 Å². The van der Waals surface area contributed by atoms with Crippen molar-refractivity contribution in [3.05, 3.63) is 12.3 Å². The van der Waals surface area contributed by atoms with Gasteiger partial charge in [-0.15, -0.1) is 0 Å². The average Bonchev–Trinajstić information content (AvgIpc) is 2.31. The van der Waals surface area contributed by atoms with Crippen LogP contribution >= 0.6 is 0 Å². The predicted molar refractivity (Wildman–Crippen MR) is 51.0 cm³/mol. The molecular weight excluding hydrogens is 148 g/mol. The van der Waals surface area contributed by atoms with E-state index in [2.05, 4.69) is 23.3 Å². The van der Waals surface area contributed by atoms with Crippen molar-refractivity contribution in [2.75, 3.05) is 26.2 Å². The summed E-state index contributed by atoms with van der Waals surface area (Å²) in [7, 11) is 0. The fraction of sp³-hybridized carbons (Fsp3) is 0.800. The molecule has 0 N–H and O–H groups in total. The summed E-state index contributed by atoms with van der Waals surface area (Å²) in [4.78, 5) is 5.02. The van der Waals surface area contributed by atoms with Gasteiger partial charge < -0.3 is 4.90 Å². The number of piperidine rings is 1. The summed E-state index contributed by atoms with van der Waals surface area (Å²) in [6.45, 7) is 11.2. The lowest BCUT2D eigenvalue weighted by atomic mass is 10.1. The zero-order valence-electron chi connectivity index (χ0n) is 7.92. The molecule has 3 fully saturated rings. The van der Waals surface area contributed by atoms with Crippen LogP contribution in [0.4, 0.5) is 0 Å². The van der Waals surface area contributed by atoms with Gasteiger partial charge in [-0.3, -0.25) is 4.90 Å². The van der Waals surface area contributed by atoms with Crippen molar-refractivity contribution in [3.63, 3.8) is 0 Å². The van der Waals surface area contributed by atoms with Crippen molar-refractivity contribution in [3.8, 4) is 0 Å². The lowest BCUT2D eigenvalue weighted by molar-refractivity contribution is 0.201. The summed E-state index contributed by atoms with van der Waals surface area (Å²) in [5.41, 5.74) is 1.33. The molecule has 0 aromatic rings. The first kappa shape index (κ1) is 8.11. The Labute approximate surface area is 74.8 Å². The van der Waals surface area contributed by atoms with Crippen molar-refractivity contribution < 1.29 is 0 Å². The van der Waals surface area contributed by atoms with E-state index in [0.717, 1.165) is 19.1 Å². The highest BCUT2D eigenvalue weighted by Gasteiger charge is 2.29. The third-order valence-corrected chi connectivity index (χ3v) is 3.15. The molecule has 3 aliphatic rings. The molecule has 0 spiro atoms. The van der Waals surface area contributed by atoms with Crippen LogP contribution in [0.1, 0.15) is 19.8 Å². The van der Waals surface area contributed by atoms with E-state index in [-0.39, 0.29) is 0 Å². The first-order chi connectivity index (χ1) is 5.81. The average molecular weight is 166 g/mol. The van der Waals surface area contributed by atoms with Crippen molar-refractivity contribution >= 4 is 0 Å². The minimum absolute atomic E-state index is 0.793. The Hall–Kier alpha value is -0.500. The second-order valence-electron chi connectivity index (χ2n) is 3.86. The van der Waals surface area contributed by atoms with Crippen LogP contribution in [-0.2, 0) is 0 Å². The lowest BCUT2D eigenvalue weighted by Gasteiger charge is -2.32. The maximum Gasteiger partial charge on any atom is 0.0377 e. The Balaban J connectivity index is 2.16. The molecule has 2 nitrogen and oxygen atoms in total. The van der Waals surface area contributed by atoms with Gasteiger partial charge in [0.05, 0.1) is 0 Å². The molecule has 0 saturated carbocycles. The molecule has 0 atom stereocenters. The van der Waals surface area contributed by atoms with Gasteiger partial charge in [0.1, 0.15) is 0 Å². The summed E-state index contributed by atoms with van der Waals surface area (Å²) >= 11 is 0. The van der Waals surface area contributed by atoms with Gasteiger partial charge in [0.15, 0.2) is 0 Å². The summed E-state index contributed by atoms with van der Waals surface area (Å²) in [6, 6.07) is 0.793. The maximum absolute atomic E-state index is 4.15. The predicted octanol–water partition coefficient (Wildman–Crippen LogP) is 1.30. The molecule has 3 saturated heterocycles. The molecule has 12 heavy (non-hydrogen) atoms. The van der Waals surface area contributed by atoms with Crippen molar-refractivity contribution in [1.29, 1.82) is 0 Å². The highest BCUT2D eigenvalue weighted by atomic mass is 15.3. The Bertz CT molecular complexity index is 180. The van der Waals surface area contributed by atoms with Crippen molar-refractivity contribution in [2.24, 2.45) is 0 Å². The molecule has 0 amide bonds. The fourth-order valence-corrected chi connectivity index (χ4v) is 2.48. The molecule has 3 heterocycles. The SMILES string of the molecule is C=C1CN2CCC(CC2)N1CC. The molecule has 3 rings (SSSR count). The number of fused-ring (bicyclic) bond motifs is 4. The summed E-state index contributed by atoms with van der Waals surface area (Å²) in [5.74, 6) is 0. The summed E-state index contributed by atoms with van der Waals surface area (Å²) in [5, 5.41) is 0. The highest BCUT2D eigenvalue weighted by molar-refractivity contribution is 5.04. The quantitative estimate of drug-likeness (QED) is 0.579. The summed E-state index contributed by atoms with van der Waals surface area (Å²) in [6.07, 6.45) is 2.68. The minimum atomic E-state index is 0.793. The van der Waals surface area contributed by atoms with E-state index in [0.29, 0.717) is 0 Å². The number of likely N-dealkylation sites (N-methyl/N-ethyl adjacent to an activating group) is 1. The van der Waals surface area contributed by atoms with Crippen LogP contribution < -0.4 is 0 Å². The van der Waals surface area contributed by atoms with Crippen molar-refractivity contribution in [2.45, 2.75) is 25.8 Å². The minimum Gasteiger partial charge on any atom is -0.371 e. The third-order valence-electron chi connectivity index (χ3n) is 3.15. The number of nitrogens with zero attached hydrogens (tertiary/aromatic N) is 2. The zero-order valence-corrected chi connectivity index (χ0v) is 7.92. The van der Waals surface area contributed by atoms with Gasteiger partial charge in [0.2, 0.25) is 0 Å². The van der Waals surface area contributed by atoms with E-state index in [1.54, 1.807) is 0 Å². The maximum atomic E-state index is 4.15. The van der Waals surface area contributed by atoms with E-state index in [1.165, 1.54) is 31.6 Å². The molecule has 2 bridgehead atoms. The van der Waals surface area contributed by atoms with Gasteiger partial charge in [-0.1, -0.05) is 6.58 Å². The van der Waals surface area contributed by atoms with Crippen LogP contribution in [0.2, 0.25) is 0 Å². The van der Waals surface area contributed by atoms with E-state index < -0.39 is 0 Å². The Morgan fingerprint density at radius 3 is 2.67 bits per heavy atom. The first-order valence-electron chi connectivity index (χ1n) is 4.98. The summed E-state index contributed by atoms with van der Waals surface area (Å²) < 4.78 is 0. The normalized spacial score (nSPS) is 35.4. The number of hydrogen-bond donors (Lipinski definition) is 0.